The zero-order valence-electron chi connectivity index (χ0n) is 7.42. The molecule has 1 nitrogen and oxygen atoms in total. The molecule has 0 aliphatic heterocycles. The SMILES string of the molecule is CC1CC1C(=O)Cc1cc(Br)cs1. The summed E-state index contributed by atoms with van der Waals surface area (Å²) in [4.78, 5) is 12.8. The molecular weight excluding hydrogens is 248 g/mol. The van der Waals surface area contributed by atoms with Crippen LogP contribution in [-0.4, -0.2) is 5.78 Å². The molecule has 0 aromatic carbocycles. The second-order valence-electron chi connectivity index (χ2n) is 3.69. The van der Waals surface area contributed by atoms with Crippen molar-refractivity contribution in [1.82, 2.24) is 0 Å². The first-order valence-electron chi connectivity index (χ1n) is 4.42. The third-order valence-corrected chi connectivity index (χ3v) is 4.19. The van der Waals surface area contributed by atoms with E-state index in [1.54, 1.807) is 11.3 Å². The number of carbonyl (C=O) groups excluding carboxylic acids is 1. The molecule has 2 unspecified atom stereocenters. The minimum atomic E-state index is 0.362. The van der Waals surface area contributed by atoms with Crippen molar-refractivity contribution < 1.29 is 4.79 Å². The van der Waals surface area contributed by atoms with E-state index >= 15 is 0 Å². The zero-order valence-corrected chi connectivity index (χ0v) is 9.82. The van der Waals surface area contributed by atoms with Gasteiger partial charge in [-0.05, 0) is 34.3 Å². The second-order valence-corrected chi connectivity index (χ2v) is 5.61. The summed E-state index contributed by atoms with van der Waals surface area (Å²) in [5.41, 5.74) is 0. The van der Waals surface area contributed by atoms with Crippen LogP contribution in [0.5, 0.6) is 0 Å². The molecule has 0 N–H and O–H groups in total. The number of rotatable bonds is 3. The molecule has 3 heteroatoms. The molecule has 0 radical (unpaired) electrons. The van der Waals surface area contributed by atoms with Crippen LogP contribution in [0.2, 0.25) is 0 Å². The Bertz CT molecular complexity index is 331. The topological polar surface area (TPSA) is 17.1 Å². The maximum atomic E-state index is 11.6. The number of hydrogen-bond acceptors (Lipinski definition) is 2. The van der Waals surface area contributed by atoms with Crippen molar-refractivity contribution in [2.75, 3.05) is 0 Å². The summed E-state index contributed by atoms with van der Waals surface area (Å²) < 4.78 is 1.09. The van der Waals surface area contributed by atoms with Crippen molar-refractivity contribution in [2.45, 2.75) is 19.8 Å². The van der Waals surface area contributed by atoms with Crippen LogP contribution >= 0.6 is 27.3 Å². The van der Waals surface area contributed by atoms with E-state index in [1.165, 1.54) is 4.88 Å². The van der Waals surface area contributed by atoms with Crippen LogP contribution in [0.4, 0.5) is 0 Å². The Balaban J connectivity index is 1.95. The number of halogens is 1. The molecule has 1 aliphatic carbocycles. The highest BCUT2D eigenvalue weighted by Crippen LogP contribution is 2.39. The van der Waals surface area contributed by atoms with Gasteiger partial charge >= 0.3 is 0 Å². The van der Waals surface area contributed by atoms with Crippen LogP contribution in [0, 0.1) is 11.8 Å². The number of Topliss-reactive ketones (excluding diaryl/α,β-unsaturated/α-hetero) is 1. The molecule has 1 aromatic rings. The lowest BCUT2D eigenvalue weighted by molar-refractivity contribution is -0.119. The Morgan fingerprint density at radius 1 is 1.77 bits per heavy atom. The molecular formula is C10H11BrOS. The van der Waals surface area contributed by atoms with E-state index in [0.717, 1.165) is 10.9 Å². The molecule has 0 amide bonds. The molecule has 1 aromatic heterocycles. The number of thiophene rings is 1. The lowest BCUT2D eigenvalue weighted by Gasteiger charge is -1.94. The fraction of sp³-hybridized carbons (Fsp3) is 0.500. The van der Waals surface area contributed by atoms with E-state index in [9.17, 15) is 4.79 Å². The van der Waals surface area contributed by atoms with Crippen molar-refractivity contribution in [2.24, 2.45) is 11.8 Å². The molecule has 0 bridgehead atoms. The van der Waals surface area contributed by atoms with Crippen LogP contribution in [0.25, 0.3) is 0 Å². The molecule has 1 heterocycles. The normalized spacial score (nSPS) is 26.0. The quantitative estimate of drug-likeness (QED) is 0.814. The van der Waals surface area contributed by atoms with E-state index in [0.29, 0.717) is 24.0 Å². The molecule has 1 fully saturated rings. The number of hydrogen-bond donors (Lipinski definition) is 0. The summed E-state index contributed by atoms with van der Waals surface area (Å²) in [6.07, 6.45) is 1.73. The van der Waals surface area contributed by atoms with Gasteiger partial charge in [-0.25, -0.2) is 0 Å². The summed E-state index contributed by atoms with van der Waals surface area (Å²) in [5.74, 6) is 1.42. The molecule has 2 atom stereocenters. The maximum Gasteiger partial charge on any atom is 0.141 e. The van der Waals surface area contributed by atoms with E-state index in [2.05, 4.69) is 22.9 Å². The lowest BCUT2D eigenvalue weighted by atomic mass is 10.1. The molecule has 2 rings (SSSR count). The van der Waals surface area contributed by atoms with E-state index in [4.69, 9.17) is 0 Å². The van der Waals surface area contributed by atoms with Gasteiger partial charge in [-0.1, -0.05) is 6.92 Å². The Hall–Kier alpha value is -0.150. The van der Waals surface area contributed by atoms with Crippen LogP contribution in [0.3, 0.4) is 0 Å². The molecule has 1 saturated carbocycles. The molecule has 70 valence electrons. The van der Waals surface area contributed by atoms with Gasteiger partial charge in [0.2, 0.25) is 0 Å². The largest absolute Gasteiger partial charge is 0.299 e. The third kappa shape index (κ3) is 2.20. The Morgan fingerprint density at radius 2 is 2.46 bits per heavy atom. The number of ketones is 1. The molecule has 13 heavy (non-hydrogen) atoms. The summed E-state index contributed by atoms with van der Waals surface area (Å²) in [6, 6.07) is 2.04. The van der Waals surface area contributed by atoms with Gasteiger partial charge in [0.1, 0.15) is 5.78 Å². The first kappa shape index (κ1) is 9.41. The van der Waals surface area contributed by atoms with Gasteiger partial charge in [-0.15, -0.1) is 11.3 Å². The van der Waals surface area contributed by atoms with Crippen molar-refractivity contribution in [3.8, 4) is 0 Å². The summed E-state index contributed by atoms with van der Waals surface area (Å²) in [6.45, 7) is 2.15. The van der Waals surface area contributed by atoms with Crippen LogP contribution in [-0.2, 0) is 11.2 Å². The molecule has 1 aliphatic rings. The van der Waals surface area contributed by atoms with Gasteiger partial charge in [-0.3, -0.25) is 4.79 Å². The Labute approximate surface area is 90.3 Å². The number of carbonyl (C=O) groups is 1. The van der Waals surface area contributed by atoms with Crippen molar-refractivity contribution in [3.05, 3.63) is 20.8 Å². The summed E-state index contributed by atoms with van der Waals surface area (Å²) in [7, 11) is 0. The standard InChI is InChI=1S/C10H11BrOS/c1-6-2-9(6)10(12)4-8-3-7(11)5-13-8/h3,5-6,9H,2,4H2,1H3. The van der Waals surface area contributed by atoms with E-state index in [-0.39, 0.29) is 0 Å². The summed E-state index contributed by atoms with van der Waals surface area (Å²) in [5, 5.41) is 2.03. The predicted molar refractivity (Wildman–Crippen MR) is 58.0 cm³/mol. The third-order valence-electron chi connectivity index (χ3n) is 2.49. The highest BCUT2D eigenvalue weighted by Gasteiger charge is 2.38. The van der Waals surface area contributed by atoms with Crippen molar-refractivity contribution >= 4 is 33.0 Å². The monoisotopic (exact) mass is 258 g/mol. The highest BCUT2D eigenvalue weighted by molar-refractivity contribution is 9.10. The first-order chi connectivity index (χ1) is 6.16. The molecule has 0 spiro atoms. The minimum absolute atomic E-state index is 0.362. The van der Waals surface area contributed by atoms with Gasteiger partial charge in [0.05, 0.1) is 0 Å². The lowest BCUT2D eigenvalue weighted by Crippen LogP contribution is -2.04. The van der Waals surface area contributed by atoms with Gasteiger partial charge in [0.15, 0.2) is 0 Å². The van der Waals surface area contributed by atoms with Crippen LogP contribution < -0.4 is 0 Å². The first-order valence-corrected chi connectivity index (χ1v) is 6.09. The molecule has 0 saturated heterocycles. The van der Waals surface area contributed by atoms with Crippen molar-refractivity contribution in [3.63, 3.8) is 0 Å². The summed E-state index contributed by atoms with van der Waals surface area (Å²) >= 11 is 5.04. The van der Waals surface area contributed by atoms with E-state index < -0.39 is 0 Å². The van der Waals surface area contributed by atoms with Gasteiger partial charge in [0, 0.05) is 27.1 Å². The van der Waals surface area contributed by atoms with E-state index in [1.807, 2.05) is 11.4 Å². The highest BCUT2D eigenvalue weighted by atomic mass is 79.9. The fourth-order valence-corrected chi connectivity index (χ4v) is 2.98. The van der Waals surface area contributed by atoms with Gasteiger partial charge in [0.25, 0.3) is 0 Å². The minimum Gasteiger partial charge on any atom is -0.299 e. The Morgan fingerprint density at radius 3 is 2.92 bits per heavy atom. The predicted octanol–water partition coefficient (Wildman–Crippen LogP) is 3.28. The van der Waals surface area contributed by atoms with Crippen LogP contribution in [0.1, 0.15) is 18.2 Å². The smallest absolute Gasteiger partial charge is 0.141 e. The zero-order chi connectivity index (χ0) is 9.42. The average molecular weight is 259 g/mol. The second kappa shape index (κ2) is 3.54. The van der Waals surface area contributed by atoms with Gasteiger partial charge < -0.3 is 0 Å². The maximum absolute atomic E-state index is 11.6. The van der Waals surface area contributed by atoms with Crippen molar-refractivity contribution in [1.29, 1.82) is 0 Å². The van der Waals surface area contributed by atoms with Crippen LogP contribution in [0.15, 0.2) is 15.9 Å². The Kier molecular flexibility index (Phi) is 2.56. The van der Waals surface area contributed by atoms with Gasteiger partial charge in [-0.2, -0.15) is 0 Å². The average Bonchev–Trinajstić information content (AvgIpc) is 2.66. The fourth-order valence-electron chi connectivity index (χ4n) is 1.52.